The molecule has 8 nitrogen and oxygen atoms in total. The molecule has 0 bridgehead atoms. The maximum Gasteiger partial charge on any atom is 0.255 e. The van der Waals surface area contributed by atoms with Crippen molar-refractivity contribution >= 4 is 23.0 Å². The van der Waals surface area contributed by atoms with E-state index in [1.54, 1.807) is 23.5 Å². The van der Waals surface area contributed by atoms with Crippen LogP contribution in [0.4, 0.5) is 0 Å². The first-order valence-corrected chi connectivity index (χ1v) is 10.2. The van der Waals surface area contributed by atoms with Gasteiger partial charge in [0.25, 0.3) is 5.91 Å². The van der Waals surface area contributed by atoms with Crippen LogP contribution in [-0.2, 0) is 16.6 Å². The van der Waals surface area contributed by atoms with E-state index in [2.05, 4.69) is 9.97 Å². The van der Waals surface area contributed by atoms with Gasteiger partial charge >= 0.3 is 0 Å². The highest BCUT2D eigenvalue weighted by molar-refractivity contribution is 5.97. The molecule has 2 aromatic heterocycles. The average molecular weight is 403 g/mol. The van der Waals surface area contributed by atoms with Crippen molar-refractivity contribution in [1.29, 1.82) is 0 Å². The first-order valence-electron chi connectivity index (χ1n) is 10.2. The lowest BCUT2D eigenvalue weighted by molar-refractivity contribution is -0.138. The molecule has 5 heterocycles. The molecule has 1 aromatic carbocycles. The lowest BCUT2D eigenvalue weighted by Gasteiger charge is -2.33. The Bertz CT molecular complexity index is 1180. The molecular formula is C22H21N5O3. The lowest BCUT2D eigenvalue weighted by atomic mass is 10.0. The molecule has 6 rings (SSSR count). The van der Waals surface area contributed by atoms with Gasteiger partial charge in [-0.15, -0.1) is 0 Å². The van der Waals surface area contributed by atoms with Gasteiger partial charge in [-0.05, 0) is 11.6 Å². The number of rotatable bonds is 2. The molecule has 1 spiro atoms. The predicted octanol–water partition coefficient (Wildman–Crippen LogP) is 1.88. The van der Waals surface area contributed by atoms with E-state index in [0.717, 1.165) is 11.2 Å². The van der Waals surface area contributed by atoms with Crippen LogP contribution in [0.2, 0.25) is 0 Å². The van der Waals surface area contributed by atoms with E-state index in [1.165, 1.54) is 0 Å². The van der Waals surface area contributed by atoms with Gasteiger partial charge in [-0.1, -0.05) is 30.3 Å². The summed E-state index contributed by atoms with van der Waals surface area (Å²) in [6.45, 7) is 1.00. The molecule has 0 N–H and O–H groups in total. The molecule has 3 fully saturated rings. The third-order valence-electron chi connectivity index (χ3n) is 6.70. The van der Waals surface area contributed by atoms with Crippen molar-refractivity contribution in [3.8, 4) is 0 Å². The fourth-order valence-corrected chi connectivity index (χ4v) is 5.31. The zero-order valence-corrected chi connectivity index (χ0v) is 16.6. The van der Waals surface area contributed by atoms with Crippen LogP contribution in [0, 0.1) is 0 Å². The Kier molecular flexibility index (Phi) is 3.59. The Morgan fingerprint density at radius 2 is 2.07 bits per heavy atom. The third-order valence-corrected chi connectivity index (χ3v) is 6.70. The Morgan fingerprint density at radius 1 is 1.23 bits per heavy atom. The van der Waals surface area contributed by atoms with Crippen molar-refractivity contribution in [3.05, 3.63) is 60.0 Å². The largest absolute Gasteiger partial charge is 0.351 e. The van der Waals surface area contributed by atoms with Crippen molar-refractivity contribution in [2.75, 3.05) is 13.2 Å². The summed E-state index contributed by atoms with van der Waals surface area (Å²) in [5.74, 6) is -0.0829. The fourth-order valence-electron chi connectivity index (χ4n) is 5.31. The Morgan fingerprint density at radius 3 is 2.90 bits per heavy atom. The number of imidazole rings is 1. The first-order chi connectivity index (χ1) is 14.6. The van der Waals surface area contributed by atoms with Crippen LogP contribution >= 0.6 is 0 Å². The summed E-state index contributed by atoms with van der Waals surface area (Å²) in [6, 6.07) is 11.3. The lowest BCUT2D eigenvalue weighted by Crippen LogP contribution is -2.49. The summed E-state index contributed by atoms with van der Waals surface area (Å²) in [6.07, 6.45) is 4.18. The number of fused-ring (bicyclic) bond motifs is 1. The number of hydrogen-bond donors (Lipinski definition) is 0. The summed E-state index contributed by atoms with van der Waals surface area (Å²) in [5, 5.41) is 0. The number of pyridine rings is 1. The number of nitrogens with zero attached hydrogens (tertiary/aromatic N) is 5. The summed E-state index contributed by atoms with van der Waals surface area (Å²) in [7, 11) is 1.87. The minimum atomic E-state index is -0.726. The molecular weight excluding hydrogens is 382 g/mol. The monoisotopic (exact) mass is 403 g/mol. The highest BCUT2D eigenvalue weighted by atomic mass is 16.5. The van der Waals surface area contributed by atoms with Gasteiger partial charge in [-0.2, -0.15) is 0 Å². The number of aryl methyl sites for hydroxylation is 1. The molecule has 3 saturated heterocycles. The van der Waals surface area contributed by atoms with E-state index in [9.17, 15) is 9.59 Å². The molecule has 3 aromatic rings. The summed E-state index contributed by atoms with van der Waals surface area (Å²) in [4.78, 5) is 38.7. The summed E-state index contributed by atoms with van der Waals surface area (Å²) < 4.78 is 8.11. The molecule has 3 aliphatic rings. The number of aromatic nitrogens is 3. The molecule has 3 atom stereocenters. The molecule has 8 heteroatoms. The molecule has 3 aliphatic heterocycles. The second-order valence-electron chi connectivity index (χ2n) is 8.24. The van der Waals surface area contributed by atoms with Gasteiger partial charge in [0.05, 0.1) is 37.0 Å². The Balaban J connectivity index is 1.32. The van der Waals surface area contributed by atoms with Crippen molar-refractivity contribution in [2.24, 2.45) is 7.05 Å². The number of benzene rings is 1. The van der Waals surface area contributed by atoms with Gasteiger partial charge in [-0.3, -0.25) is 9.59 Å². The van der Waals surface area contributed by atoms with Gasteiger partial charge < -0.3 is 19.1 Å². The number of ether oxygens (including phenoxy) is 1. The van der Waals surface area contributed by atoms with Crippen molar-refractivity contribution in [1.82, 2.24) is 24.3 Å². The molecule has 30 heavy (non-hydrogen) atoms. The molecule has 0 saturated carbocycles. The van der Waals surface area contributed by atoms with E-state index in [1.807, 2.05) is 46.8 Å². The van der Waals surface area contributed by atoms with E-state index in [0.29, 0.717) is 30.7 Å². The average Bonchev–Trinajstić information content (AvgIpc) is 3.49. The van der Waals surface area contributed by atoms with Gasteiger partial charge in [0, 0.05) is 26.2 Å². The van der Waals surface area contributed by atoms with Crippen LogP contribution in [0.15, 0.2) is 48.9 Å². The topological polar surface area (TPSA) is 80.6 Å². The summed E-state index contributed by atoms with van der Waals surface area (Å²) in [5.41, 5.74) is 2.24. The number of amides is 2. The molecule has 152 valence electrons. The van der Waals surface area contributed by atoms with Crippen LogP contribution < -0.4 is 0 Å². The third kappa shape index (κ3) is 2.25. The van der Waals surface area contributed by atoms with Crippen LogP contribution in [0.3, 0.4) is 0 Å². The van der Waals surface area contributed by atoms with Crippen molar-refractivity contribution in [3.63, 3.8) is 0 Å². The SMILES string of the molecule is Cn1cnc2cc(C(=O)N3CC[C@@]45OC[C@@H](c6ccccc6)N4C(=O)C[C@@H]35)cnc21. The van der Waals surface area contributed by atoms with E-state index < -0.39 is 5.72 Å². The number of likely N-dealkylation sites (tertiary alicyclic amines) is 1. The Labute approximate surface area is 173 Å². The zero-order valence-electron chi connectivity index (χ0n) is 16.6. The van der Waals surface area contributed by atoms with Gasteiger partial charge in [0.2, 0.25) is 5.91 Å². The highest BCUT2D eigenvalue weighted by Gasteiger charge is 2.65. The molecule has 2 amide bonds. The maximum atomic E-state index is 13.3. The smallest absolute Gasteiger partial charge is 0.255 e. The van der Waals surface area contributed by atoms with E-state index >= 15 is 0 Å². The van der Waals surface area contributed by atoms with E-state index in [-0.39, 0.29) is 30.3 Å². The fraction of sp³-hybridized carbons (Fsp3) is 0.364. The normalized spacial score (nSPS) is 27.7. The maximum absolute atomic E-state index is 13.3. The van der Waals surface area contributed by atoms with Crippen molar-refractivity contribution in [2.45, 2.75) is 30.7 Å². The predicted molar refractivity (Wildman–Crippen MR) is 107 cm³/mol. The minimum Gasteiger partial charge on any atom is -0.351 e. The standard InChI is InChI=1S/C22H21N5O3/c1-25-13-24-16-9-15(11-23-20(16)25)21(29)26-8-7-22-18(26)10-19(28)27(22)17(12-30-22)14-5-3-2-4-6-14/h2-6,9,11,13,17-18H,7-8,10,12H2,1H3/t17-,18+,22-/m0/s1. The molecule has 0 unspecified atom stereocenters. The second kappa shape index (κ2) is 6.12. The zero-order chi connectivity index (χ0) is 20.5. The first kappa shape index (κ1) is 17.6. The summed E-state index contributed by atoms with van der Waals surface area (Å²) >= 11 is 0. The number of carbonyl (C=O) groups excluding carboxylic acids is 2. The molecule has 0 radical (unpaired) electrons. The Hall–Kier alpha value is -3.26. The quantitative estimate of drug-likeness (QED) is 0.653. The van der Waals surface area contributed by atoms with E-state index in [4.69, 9.17) is 4.74 Å². The second-order valence-corrected chi connectivity index (χ2v) is 8.24. The minimum absolute atomic E-state index is 0.0437. The highest BCUT2D eigenvalue weighted by Crippen LogP contribution is 2.51. The van der Waals surface area contributed by atoms with Crippen LogP contribution in [-0.4, -0.2) is 61.1 Å². The van der Waals surface area contributed by atoms with Crippen molar-refractivity contribution < 1.29 is 14.3 Å². The van der Waals surface area contributed by atoms with Gasteiger partial charge in [-0.25, -0.2) is 9.97 Å². The molecule has 0 aliphatic carbocycles. The van der Waals surface area contributed by atoms with Crippen LogP contribution in [0.1, 0.15) is 34.8 Å². The van der Waals surface area contributed by atoms with Gasteiger partial charge in [0.15, 0.2) is 11.4 Å². The number of carbonyl (C=O) groups is 2. The van der Waals surface area contributed by atoms with Gasteiger partial charge in [0.1, 0.15) is 5.52 Å². The van der Waals surface area contributed by atoms with Crippen LogP contribution in [0.5, 0.6) is 0 Å². The number of hydrogen-bond acceptors (Lipinski definition) is 5. The van der Waals surface area contributed by atoms with Crippen LogP contribution in [0.25, 0.3) is 11.2 Å².